The molecule has 0 saturated heterocycles. The van der Waals surface area contributed by atoms with Crippen LogP contribution in [0.5, 0.6) is 0 Å². The fraction of sp³-hybridized carbons (Fsp3) is 0.348. The van der Waals surface area contributed by atoms with E-state index in [-0.39, 0.29) is 11.9 Å². The van der Waals surface area contributed by atoms with Crippen LogP contribution < -0.4 is 10.2 Å². The van der Waals surface area contributed by atoms with Gasteiger partial charge in [0.15, 0.2) is 0 Å². The number of nitrogens with zero attached hydrogens (tertiary/aromatic N) is 3. The van der Waals surface area contributed by atoms with Crippen LogP contribution in [0.25, 0.3) is 10.9 Å². The van der Waals surface area contributed by atoms with Crippen LogP contribution in [0.15, 0.2) is 48.5 Å². The molecule has 6 heteroatoms. The fourth-order valence-corrected chi connectivity index (χ4v) is 3.39. The number of aromatic nitrogens is 2. The van der Waals surface area contributed by atoms with Crippen molar-refractivity contribution in [3.63, 3.8) is 0 Å². The number of anilines is 1. The number of fused-ring (bicyclic) bond motifs is 1. The van der Waals surface area contributed by atoms with Gasteiger partial charge in [0.2, 0.25) is 5.91 Å². The Morgan fingerprint density at radius 2 is 1.90 bits per heavy atom. The first-order valence-corrected chi connectivity index (χ1v) is 10.4. The molecule has 2 aromatic carbocycles. The van der Waals surface area contributed by atoms with Gasteiger partial charge in [-0.1, -0.05) is 48.9 Å². The lowest BCUT2D eigenvalue weighted by atomic mass is 10.1. The smallest absolute Gasteiger partial charge is 0.221 e. The normalized spacial score (nSPS) is 11.1. The second-order valence-corrected chi connectivity index (χ2v) is 7.79. The van der Waals surface area contributed by atoms with E-state index in [1.54, 1.807) is 0 Å². The van der Waals surface area contributed by atoms with Crippen molar-refractivity contribution in [1.29, 1.82) is 0 Å². The lowest BCUT2D eigenvalue weighted by molar-refractivity contribution is -0.121. The van der Waals surface area contributed by atoms with Gasteiger partial charge in [0.05, 0.1) is 5.52 Å². The predicted molar refractivity (Wildman–Crippen MR) is 119 cm³/mol. The van der Waals surface area contributed by atoms with Gasteiger partial charge >= 0.3 is 0 Å². The molecule has 0 unspecified atom stereocenters. The highest BCUT2D eigenvalue weighted by Gasteiger charge is 2.17. The summed E-state index contributed by atoms with van der Waals surface area (Å²) in [4.78, 5) is 23.9. The molecule has 0 spiro atoms. The minimum Gasteiger partial charge on any atom is -0.354 e. The molecular formula is C23H27ClN4O. The first-order valence-electron chi connectivity index (χ1n) is 10.0. The van der Waals surface area contributed by atoms with E-state index in [2.05, 4.69) is 27.3 Å². The van der Waals surface area contributed by atoms with Crippen molar-refractivity contribution in [2.75, 3.05) is 11.4 Å². The van der Waals surface area contributed by atoms with Gasteiger partial charge in [-0.3, -0.25) is 4.79 Å². The third-order valence-corrected chi connectivity index (χ3v) is 4.81. The van der Waals surface area contributed by atoms with Gasteiger partial charge in [-0.05, 0) is 37.6 Å². The molecule has 0 fully saturated rings. The number of aryl methyl sites for hydroxylation is 1. The summed E-state index contributed by atoms with van der Waals surface area (Å²) in [5, 5.41) is 4.55. The zero-order valence-electron chi connectivity index (χ0n) is 17.2. The number of nitrogens with one attached hydrogen (secondary N) is 1. The molecule has 0 aliphatic rings. The van der Waals surface area contributed by atoms with Crippen LogP contribution in [0.2, 0.25) is 5.02 Å². The van der Waals surface area contributed by atoms with Gasteiger partial charge in [-0.2, -0.15) is 0 Å². The number of carbonyl (C=O) groups excluding carboxylic acids is 1. The molecule has 0 aliphatic carbocycles. The Bertz CT molecular complexity index is 975. The maximum Gasteiger partial charge on any atom is 0.221 e. The molecule has 1 amide bonds. The van der Waals surface area contributed by atoms with Gasteiger partial charge in [-0.15, -0.1) is 0 Å². The van der Waals surface area contributed by atoms with Crippen LogP contribution in [0, 0.1) is 0 Å². The molecule has 3 aromatic rings. The molecule has 0 atom stereocenters. The van der Waals surface area contributed by atoms with Crippen molar-refractivity contribution in [2.45, 2.75) is 46.2 Å². The van der Waals surface area contributed by atoms with E-state index >= 15 is 0 Å². The first-order chi connectivity index (χ1) is 14.0. The zero-order chi connectivity index (χ0) is 20.8. The van der Waals surface area contributed by atoms with Crippen molar-refractivity contribution in [1.82, 2.24) is 15.3 Å². The average molecular weight is 411 g/mol. The summed E-state index contributed by atoms with van der Waals surface area (Å²) in [7, 11) is 0. The SMILES string of the molecule is CCc1nc(N(CCC(=O)NC(C)C)Cc2ccccc2)c2ccc(Cl)cc2n1. The molecule has 1 N–H and O–H groups in total. The highest BCUT2D eigenvalue weighted by atomic mass is 35.5. The summed E-state index contributed by atoms with van der Waals surface area (Å²) in [5.74, 6) is 1.64. The summed E-state index contributed by atoms with van der Waals surface area (Å²) in [6.07, 6.45) is 1.12. The fourth-order valence-electron chi connectivity index (χ4n) is 3.23. The van der Waals surface area contributed by atoms with Crippen molar-refractivity contribution in [2.24, 2.45) is 0 Å². The Morgan fingerprint density at radius 1 is 1.14 bits per heavy atom. The predicted octanol–water partition coefficient (Wildman–Crippen LogP) is 4.77. The van der Waals surface area contributed by atoms with E-state index in [9.17, 15) is 4.79 Å². The Hall–Kier alpha value is -2.66. The van der Waals surface area contributed by atoms with Crippen LogP contribution in [0.1, 0.15) is 38.6 Å². The number of halogens is 1. The van der Waals surface area contributed by atoms with E-state index in [1.165, 1.54) is 0 Å². The summed E-state index contributed by atoms with van der Waals surface area (Å²) in [6.45, 7) is 7.19. The van der Waals surface area contributed by atoms with E-state index in [0.717, 1.165) is 34.5 Å². The topological polar surface area (TPSA) is 58.1 Å². The minimum atomic E-state index is 0.0372. The third kappa shape index (κ3) is 5.67. The highest BCUT2D eigenvalue weighted by molar-refractivity contribution is 6.31. The van der Waals surface area contributed by atoms with Gasteiger partial charge < -0.3 is 10.2 Å². The van der Waals surface area contributed by atoms with Gasteiger partial charge in [0.1, 0.15) is 11.6 Å². The molecule has 1 aromatic heterocycles. The number of carbonyl (C=O) groups is 1. The first kappa shape index (κ1) is 21.1. The van der Waals surface area contributed by atoms with Crippen LogP contribution in [0.3, 0.4) is 0 Å². The Morgan fingerprint density at radius 3 is 2.59 bits per heavy atom. The van der Waals surface area contributed by atoms with Crippen molar-refractivity contribution < 1.29 is 4.79 Å². The second kappa shape index (κ2) is 9.70. The summed E-state index contributed by atoms with van der Waals surface area (Å²) in [5.41, 5.74) is 1.99. The molecule has 0 saturated carbocycles. The number of hydrogen-bond donors (Lipinski definition) is 1. The van der Waals surface area contributed by atoms with Crippen LogP contribution >= 0.6 is 11.6 Å². The number of rotatable bonds is 8. The van der Waals surface area contributed by atoms with E-state index < -0.39 is 0 Å². The summed E-state index contributed by atoms with van der Waals surface area (Å²) in [6, 6.07) is 16.0. The molecule has 3 rings (SSSR count). The van der Waals surface area contributed by atoms with Crippen molar-refractivity contribution in [3.05, 3.63) is 64.9 Å². The second-order valence-electron chi connectivity index (χ2n) is 7.36. The van der Waals surface area contributed by atoms with E-state index in [4.69, 9.17) is 16.6 Å². The Labute approximate surface area is 177 Å². The number of hydrogen-bond acceptors (Lipinski definition) is 4. The van der Waals surface area contributed by atoms with E-state index in [1.807, 2.05) is 57.2 Å². The average Bonchev–Trinajstić information content (AvgIpc) is 2.70. The quantitative estimate of drug-likeness (QED) is 0.581. The Balaban J connectivity index is 1.99. The molecular weight excluding hydrogens is 384 g/mol. The van der Waals surface area contributed by atoms with Gasteiger partial charge in [0.25, 0.3) is 0 Å². The summed E-state index contributed by atoms with van der Waals surface area (Å²) < 4.78 is 0. The molecule has 152 valence electrons. The van der Waals surface area contributed by atoms with Crippen LogP contribution in [-0.4, -0.2) is 28.5 Å². The maximum absolute atomic E-state index is 12.3. The maximum atomic E-state index is 12.3. The molecule has 0 bridgehead atoms. The van der Waals surface area contributed by atoms with Crippen molar-refractivity contribution >= 4 is 34.2 Å². The molecule has 1 heterocycles. The standard InChI is InChI=1S/C23H27ClN4O/c1-4-21-26-20-14-18(24)10-11-19(20)23(27-21)28(13-12-22(29)25-16(2)3)15-17-8-6-5-7-9-17/h5-11,14,16H,4,12-13,15H2,1-3H3,(H,25,29). The molecule has 5 nitrogen and oxygen atoms in total. The molecule has 0 aliphatic heterocycles. The van der Waals surface area contributed by atoms with Crippen LogP contribution in [0.4, 0.5) is 5.82 Å². The van der Waals surface area contributed by atoms with Crippen LogP contribution in [-0.2, 0) is 17.8 Å². The number of amides is 1. The largest absolute Gasteiger partial charge is 0.354 e. The third-order valence-electron chi connectivity index (χ3n) is 4.58. The van der Waals surface area contributed by atoms with Gasteiger partial charge in [0, 0.05) is 42.4 Å². The molecule has 0 radical (unpaired) electrons. The van der Waals surface area contributed by atoms with E-state index in [0.29, 0.717) is 24.5 Å². The highest BCUT2D eigenvalue weighted by Crippen LogP contribution is 2.28. The van der Waals surface area contributed by atoms with Crippen molar-refractivity contribution in [3.8, 4) is 0 Å². The Kier molecular flexibility index (Phi) is 7.04. The lowest BCUT2D eigenvalue weighted by Crippen LogP contribution is -2.34. The monoisotopic (exact) mass is 410 g/mol. The minimum absolute atomic E-state index is 0.0372. The molecule has 29 heavy (non-hydrogen) atoms. The zero-order valence-corrected chi connectivity index (χ0v) is 17.9. The number of benzene rings is 2. The lowest BCUT2D eigenvalue weighted by Gasteiger charge is -2.26. The van der Waals surface area contributed by atoms with Gasteiger partial charge in [-0.25, -0.2) is 9.97 Å². The summed E-state index contributed by atoms with van der Waals surface area (Å²) >= 11 is 6.20.